The highest BCUT2D eigenvalue weighted by Crippen LogP contribution is 2.24. The van der Waals surface area contributed by atoms with Crippen LogP contribution in [0.2, 0.25) is 5.02 Å². The molecule has 0 unspecified atom stereocenters. The minimum absolute atomic E-state index is 0.00948. The smallest absolute Gasteiger partial charge is 0.374 e. The minimum Gasteiger partial charge on any atom is -0.449 e. The largest absolute Gasteiger partial charge is 0.449 e. The second kappa shape index (κ2) is 8.92. The van der Waals surface area contributed by atoms with Crippen LogP contribution < -0.4 is 5.32 Å². The van der Waals surface area contributed by atoms with Crippen molar-refractivity contribution in [3.63, 3.8) is 0 Å². The van der Waals surface area contributed by atoms with Crippen LogP contribution >= 0.6 is 11.6 Å². The third-order valence-corrected chi connectivity index (χ3v) is 4.59. The van der Waals surface area contributed by atoms with E-state index in [2.05, 4.69) is 5.32 Å². The van der Waals surface area contributed by atoms with Gasteiger partial charge in [-0.3, -0.25) is 9.59 Å². The van der Waals surface area contributed by atoms with Gasteiger partial charge < -0.3 is 14.5 Å². The summed E-state index contributed by atoms with van der Waals surface area (Å²) in [5.41, 5.74) is 1.93. The average Bonchev–Trinajstić information content (AvgIpc) is 3.11. The number of rotatable bonds is 7. The lowest BCUT2D eigenvalue weighted by Crippen LogP contribution is -2.24. The monoisotopic (exact) mass is 413 g/mol. The van der Waals surface area contributed by atoms with Gasteiger partial charge in [-0.25, -0.2) is 4.79 Å². The lowest BCUT2D eigenvalue weighted by molar-refractivity contribution is -0.118. The SMILES string of the molecule is CC(=O)NCCc1ccc(C(=O)[C@@H](C)OC(=O)c2cc3cc(Cl)ccc3o2)cc1. The summed E-state index contributed by atoms with van der Waals surface area (Å²) in [5, 5.41) is 3.93. The lowest BCUT2D eigenvalue weighted by atomic mass is 10.0. The minimum atomic E-state index is -0.968. The van der Waals surface area contributed by atoms with Crippen molar-refractivity contribution in [2.24, 2.45) is 0 Å². The molecule has 2 aromatic carbocycles. The van der Waals surface area contributed by atoms with Gasteiger partial charge in [0.1, 0.15) is 5.58 Å². The Morgan fingerprint density at radius 3 is 2.52 bits per heavy atom. The number of nitrogens with one attached hydrogen (secondary N) is 1. The topological polar surface area (TPSA) is 85.6 Å². The van der Waals surface area contributed by atoms with E-state index in [1.54, 1.807) is 30.3 Å². The van der Waals surface area contributed by atoms with Crippen LogP contribution in [-0.2, 0) is 16.0 Å². The van der Waals surface area contributed by atoms with Crippen LogP contribution in [0.15, 0.2) is 52.9 Å². The molecule has 29 heavy (non-hydrogen) atoms. The number of halogens is 1. The fourth-order valence-electron chi connectivity index (χ4n) is 2.84. The molecule has 6 nitrogen and oxygen atoms in total. The number of carbonyl (C=O) groups excluding carboxylic acids is 3. The van der Waals surface area contributed by atoms with E-state index >= 15 is 0 Å². The molecule has 3 rings (SSSR count). The van der Waals surface area contributed by atoms with Crippen LogP contribution in [0.5, 0.6) is 0 Å². The first kappa shape index (κ1) is 20.6. The maximum Gasteiger partial charge on any atom is 0.374 e. The first-order chi connectivity index (χ1) is 13.8. The number of benzene rings is 2. The van der Waals surface area contributed by atoms with Crippen molar-refractivity contribution in [3.8, 4) is 0 Å². The van der Waals surface area contributed by atoms with Gasteiger partial charge in [0.2, 0.25) is 17.5 Å². The molecule has 0 fully saturated rings. The Hall–Kier alpha value is -3.12. The molecule has 1 heterocycles. The van der Waals surface area contributed by atoms with Gasteiger partial charge in [0.15, 0.2) is 6.10 Å². The summed E-state index contributed by atoms with van der Waals surface area (Å²) in [6.07, 6.45) is -0.307. The normalized spacial score (nSPS) is 11.8. The van der Waals surface area contributed by atoms with Crippen molar-refractivity contribution in [2.75, 3.05) is 6.54 Å². The van der Waals surface area contributed by atoms with Gasteiger partial charge in [-0.15, -0.1) is 0 Å². The number of furan rings is 1. The summed E-state index contributed by atoms with van der Waals surface area (Å²) < 4.78 is 10.7. The Kier molecular flexibility index (Phi) is 6.34. The molecule has 0 aliphatic rings. The Labute approximate surface area is 172 Å². The second-order valence-corrected chi connectivity index (χ2v) is 7.07. The van der Waals surface area contributed by atoms with Crippen LogP contribution in [0.25, 0.3) is 11.0 Å². The molecule has 1 aromatic heterocycles. The van der Waals surface area contributed by atoms with Crippen LogP contribution in [-0.4, -0.2) is 30.3 Å². The maximum absolute atomic E-state index is 12.6. The number of carbonyl (C=O) groups is 3. The van der Waals surface area contributed by atoms with Gasteiger partial charge in [0, 0.05) is 29.4 Å². The van der Waals surface area contributed by atoms with Gasteiger partial charge in [-0.2, -0.15) is 0 Å². The first-order valence-corrected chi connectivity index (χ1v) is 9.49. The Morgan fingerprint density at radius 1 is 1.10 bits per heavy atom. The first-order valence-electron chi connectivity index (χ1n) is 9.11. The quantitative estimate of drug-likeness (QED) is 0.463. The standard InChI is InChI=1S/C22H20ClNO5/c1-13(21(26)16-5-3-15(4-6-16)9-10-24-14(2)25)28-22(27)20-12-17-11-18(23)7-8-19(17)29-20/h3-8,11-13H,9-10H2,1-2H3,(H,24,25)/t13-/m1/s1. The molecular weight excluding hydrogens is 394 g/mol. The molecule has 1 atom stereocenters. The van der Waals surface area contributed by atoms with E-state index in [0.717, 1.165) is 5.56 Å². The van der Waals surface area contributed by atoms with Crippen molar-refractivity contribution in [1.82, 2.24) is 5.32 Å². The fourth-order valence-corrected chi connectivity index (χ4v) is 3.02. The molecule has 0 bridgehead atoms. The number of fused-ring (bicyclic) bond motifs is 1. The van der Waals surface area contributed by atoms with E-state index in [1.165, 1.54) is 19.9 Å². The van der Waals surface area contributed by atoms with E-state index < -0.39 is 12.1 Å². The maximum atomic E-state index is 12.6. The lowest BCUT2D eigenvalue weighted by Gasteiger charge is -2.11. The predicted molar refractivity (Wildman–Crippen MR) is 109 cm³/mol. The molecule has 150 valence electrons. The summed E-state index contributed by atoms with van der Waals surface area (Å²) in [7, 11) is 0. The number of amides is 1. The second-order valence-electron chi connectivity index (χ2n) is 6.63. The number of ether oxygens (including phenoxy) is 1. The molecule has 1 amide bonds. The average molecular weight is 414 g/mol. The summed E-state index contributed by atoms with van der Waals surface area (Å²) in [5.74, 6) is -1.11. The highest BCUT2D eigenvalue weighted by molar-refractivity contribution is 6.31. The third kappa shape index (κ3) is 5.23. The van der Waals surface area contributed by atoms with E-state index in [-0.39, 0.29) is 17.5 Å². The number of hydrogen-bond acceptors (Lipinski definition) is 5. The molecule has 1 N–H and O–H groups in total. The zero-order chi connectivity index (χ0) is 21.0. The van der Waals surface area contributed by atoms with Crippen LogP contribution in [0.1, 0.15) is 40.3 Å². The molecule has 0 radical (unpaired) electrons. The molecule has 0 spiro atoms. The van der Waals surface area contributed by atoms with Crippen LogP contribution in [0, 0.1) is 0 Å². The zero-order valence-electron chi connectivity index (χ0n) is 16.0. The summed E-state index contributed by atoms with van der Waals surface area (Å²) in [6, 6.07) is 13.5. The number of Topliss-reactive ketones (excluding diaryl/α,β-unsaturated/α-hetero) is 1. The Morgan fingerprint density at radius 2 is 1.83 bits per heavy atom. The highest BCUT2D eigenvalue weighted by Gasteiger charge is 2.22. The van der Waals surface area contributed by atoms with Gasteiger partial charge in [0.25, 0.3) is 0 Å². The third-order valence-electron chi connectivity index (χ3n) is 4.36. The van der Waals surface area contributed by atoms with Crippen molar-refractivity contribution in [1.29, 1.82) is 0 Å². The van der Waals surface area contributed by atoms with Crippen molar-refractivity contribution in [2.45, 2.75) is 26.4 Å². The fraction of sp³-hybridized carbons (Fsp3) is 0.227. The molecule has 0 saturated carbocycles. The Bertz CT molecular complexity index is 1050. The number of ketones is 1. The predicted octanol–water partition coefficient (Wildman–Crippen LogP) is 4.19. The van der Waals surface area contributed by atoms with Crippen LogP contribution in [0.4, 0.5) is 0 Å². The van der Waals surface area contributed by atoms with E-state index in [1.807, 2.05) is 12.1 Å². The summed E-state index contributed by atoms with van der Waals surface area (Å²) >= 11 is 5.93. The van der Waals surface area contributed by atoms with E-state index in [0.29, 0.717) is 34.5 Å². The molecule has 7 heteroatoms. The zero-order valence-corrected chi connectivity index (χ0v) is 16.8. The summed E-state index contributed by atoms with van der Waals surface area (Å²) in [6.45, 7) is 3.51. The van der Waals surface area contributed by atoms with Gasteiger partial charge in [-0.05, 0) is 43.2 Å². The molecule has 3 aromatic rings. The summed E-state index contributed by atoms with van der Waals surface area (Å²) in [4.78, 5) is 35.8. The van der Waals surface area contributed by atoms with Crippen molar-refractivity contribution in [3.05, 3.63) is 70.4 Å². The molecular formula is C22H20ClNO5. The van der Waals surface area contributed by atoms with Crippen LogP contribution in [0.3, 0.4) is 0 Å². The van der Waals surface area contributed by atoms with E-state index in [4.69, 9.17) is 20.8 Å². The van der Waals surface area contributed by atoms with E-state index in [9.17, 15) is 14.4 Å². The molecule has 0 saturated heterocycles. The number of esters is 1. The highest BCUT2D eigenvalue weighted by atomic mass is 35.5. The molecule has 0 aliphatic carbocycles. The van der Waals surface area contributed by atoms with Gasteiger partial charge >= 0.3 is 5.97 Å². The number of hydrogen-bond donors (Lipinski definition) is 1. The van der Waals surface area contributed by atoms with Gasteiger partial charge in [-0.1, -0.05) is 35.9 Å². The van der Waals surface area contributed by atoms with Crippen molar-refractivity contribution < 1.29 is 23.5 Å². The van der Waals surface area contributed by atoms with Gasteiger partial charge in [0.05, 0.1) is 0 Å². The van der Waals surface area contributed by atoms with Crippen molar-refractivity contribution >= 4 is 40.2 Å². The Balaban J connectivity index is 1.61. The molecule has 0 aliphatic heterocycles.